The Morgan fingerprint density at radius 3 is 2.92 bits per heavy atom. The number of nitrogens with zero attached hydrogens (tertiary/aromatic N) is 1. The monoisotopic (exact) mass is 318 g/mol. The number of pyridine rings is 1. The number of rotatable bonds is 3. The van der Waals surface area contributed by atoms with Gasteiger partial charge in [0, 0.05) is 11.9 Å². The standard InChI is InChI=1S/C20H18N2O2/c1-2-21-20(23)18-15-7-3-4-8-17(15)22-19-13(9-10-16(18)19)12-14-6-5-11-24-14/h3-8,11-12H,2,9-10H2,1H3,(H,21,23). The molecule has 3 aromatic rings. The Morgan fingerprint density at radius 1 is 1.25 bits per heavy atom. The van der Waals surface area contributed by atoms with E-state index in [0.29, 0.717) is 6.54 Å². The van der Waals surface area contributed by atoms with Crippen LogP contribution < -0.4 is 5.32 Å². The van der Waals surface area contributed by atoms with Crippen molar-refractivity contribution in [2.24, 2.45) is 0 Å². The van der Waals surface area contributed by atoms with Gasteiger partial charge in [0.05, 0.1) is 23.0 Å². The first kappa shape index (κ1) is 14.7. The fourth-order valence-corrected chi connectivity index (χ4v) is 3.33. The van der Waals surface area contributed by atoms with E-state index in [1.165, 1.54) is 0 Å². The minimum absolute atomic E-state index is 0.0217. The van der Waals surface area contributed by atoms with Gasteiger partial charge in [0.15, 0.2) is 0 Å². The molecule has 0 spiro atoms. The van der Waals surface area contributed by atoms with Crippen LogP contribution in [0.15, 0.2) is 47.1 Å². The van der Waals surface area contributed by atoms with Gasteiger partial charge in [0.2, 0.25) is 0 Å². The molecule has 0 saturated heterocycles. The normalized spacial score (nSPS) is 15.0. The molecule has 1 amide bonds. The van der Waals surface area contributed by atoms with Crippen molar-refractivity contribution >= 4 is 28.5 Å². The molecule has 0 bridgehead atoms. The van der Waals surface area contributed by atoms with Gasteiger partial charge in [-0.1, -0.05) is 18.2 Å². The fraction of sp³-hybridized carbons (Fsp3) is 0.200. The summed E-state index contributed by atoms with van der Waals surface area (Å²) >= 11 is 0. The van der Waals surface area contributed by atoms with E-state index < -0.39 is 0 Å². The molecule has 4 heteroatoms. The number of furan rings is 1. The van der Waals surface area contributed by atoms with E-state index in [1.807, 2.05) is 49.4 Å². The summed E-state index contributed by atoms with van der Waals surface area (Å²) in [7, 11) is 0. The first-order chi connectivity index (χ1) is 11.8. The number of hydrogen-bond donors (Lipinski definition) is 1. The van der Waals surface area contributed by atoms with E-state index in [0.717, 1.165) is 51.9 Å². The lowest BCUT2D eigenvalue weighted by atomic mass is 10.00. The molecule has 2 heterocycles. The van der Waals surface area contributed by atoms with Crippen LogP contribution in [0.5, 0.6) is 0 Å². The predicted molar refractivity (Wildman–Crippen MR) is 94.7 cm³/mol. The number of carbonyl (C=O) groups excluding carboxylic acids is 1. The Morgan fingerprint density at radius 2 is 2.12 bits per heavy atom. The van der Waals surface area contributed by atoms with Crippen LogP contribution in [0.1, 0.15) is 40.7 Å². The van der Waals surface area contributed by atoms with Crippen molar-refractivity contribution in [3.05, 3.63) is 65.2 Å². The minimum Gasteiger partial charge on any atom is -0.465 e. The Labute approximate surface area is 140 Å². The van der Waals surface area contributed by atoms with Gasteiger partial charge >= 0.3 is 0 Å². The molecular weight excluding hydrogens is 300 g/mol. The van der Waals surface area contributed by atoms with Crippen LogP contribution >= 0.6 is 0 Å². The van der Waals surface area contributed by atoms with E-state index in [1.54, 1.807) is 6.26 Å². The number of fused-ring (bicyclic) bond motifs is 2. The Balaban J connectivity index is 1.94. The number of amides is 1. The summed E-state index contributed by atoms with van der Waals surface area (Å²) in [4.78, 5) is 17.5. The van der Waals surface area contributed by atoms with Gasteiger partial charge in [0.25, 0.3) is 5.91 Å². The summed E-state index contributed by atoms with van der Waals surface area (Å²) in [5, 5.41) is 3.86. The zero-order chi connectivity index (χ0) is 16.5. The van der Waals surface area contributed by atoms with Crippen LogP contribution in [0, 0.1) is 0 Å². The Hall–Kier alpha value is -2.88. The van der Waals surface area contributed by atoms with E-state index >= 15 is 0 Å². The molecule has 1 aliphatic carbocycles. The lowest BCUT2D eigenvalue weighted by molar-refractivity contribution is 0.0956. The molecule has 4 nitrogen and oxygen atoms in total. The number of benzene rings is 1. The summed E-state index contributed by atoms with van der Waals surface area (Å²) in [5.41, 5.74) is 4.70. The van der Waals surface area contributed by atoms with E-state index in [4.69, 9.17) is 9.40 Å². The van der Waals surface area contributed by atoms with Crippen molar-refractivity contribution in [2.45, 2.75) is 19.8 Å². The zero-order valence-electron chi connectivity index (χ0n) is 13.5. The van der Waals surface area contributed by atoms with E-state index in [-0.39, 0.29) is 5.91 Å². The summed E-state index contributed by atoms with van der Waals surface area (Å²) in [6.45, 7) is 2.54. The molecule has 120 valence electrons. The number of para-hydroxylation sites is 1. The molecule has 0 fully saturated rings. The average molecular weight is 318 g/mol. The summed E-state index contributed by atoms with van der Waals surface area (Å²) in [5.74, 6) is 0.791. The van der Waals surface area contributed by atoms with Crippen LogP contribution in [0.25, 0.3) is 22.6 Å². The maximum Gasteiger partial charge on any atom is 0.252 e. The van der Waals surface area contributed by atoms with Gasteiger partial charge in [-0.3, -0.25) is 4.79 Å². The van der Waals surface area contributed by atoms with Crippen molar-refractivity contribution in [1.29, 1.82) is 0 Å². The lowest BCUT2D eigenvalue weighted by Crippen LogP contribution is -2.24. The predicted octanol–water partition coefficient (Wildman–Crippen LogP) is 4.06. The second-order valence-corrected chi connectivity index (χ2v) is 5.88. The number of hydrogen-bond acceptors (Lipinski definition) is 3. The van der Waals surface area contributed by atoms with Crippen LogP contribution in [-0.4, -0.2) is 17.4 Å². The molecule has 1 aromatic carbocycles. The molecule has 1 N–H and O–H groups in total. The Kier molecular flexibility index (Phi) is 3.65. The summed E-state index contributed by atoms with van der Waals surface area (Å²) in [6, 6.07) is 11.6. The van der Waals surface area contributed by atoms with Gasteiger partial charge in [-0.05, 0) is 55.2 Å². The maximum atomic E-state index is 12.7. The highest BCUT2D eigenvalue weighted by Crippen LogP contribution is 2.37. The quantitative estimate of drug-likeness (QED) is 0.792. The highest BCUT2D eigenvalue weighted by molar-refractivity contribution is 6.09. The highest BCUT2D eigenvalue weighted by Gasteiger charge is 2.26. The third kappa shape index (κ3) is 2.40. The Bertz CT molecular complexity index is 940. The van der Waals surface area contributed by atoms with Gasteiger partial charge in [0.1, 0.15) is 5.76 Å². The van der Waals surface area contributed by atoms with Gasteiger partial charge < -0.3 is 9.73 Å². The third-order valence-corrected chi connectivity index (χ3v) is 4.37. The van der Waals surface area contributed by atoms with Crippen molar-refractivity contribution < 1.29 is 9.21 Å². The lowest BCUT2D eigenvalue weighted by Gasteiger charge is -2.12. The second kappa shape index (κ2) is 5.96. The number of nitrogens with one attached hydrogen (secondary N) is 1. The first-order valence-corrected chi connectivity index (χ1v) is 8.22. The molecule has 24 heavy (non-hydrogen) atoms. The zero-order valence-corrected chi connectivity index (χ0v) is 13.5. The third-order valence-electron chi connectivity index (χ3n) is 4.37. The number of aromatic nitrogens is 1. The summed E-state index contributed by atoms with van der Waals surface area (Å²) < 4.78 is 5.43. The molecule has 0 saturated carbocycles. The second-order valence-electron chi connectivity index (χ2n) is 5.88. The van der Waals surface area contributed by atoms with Crippen molar-refractivity contribution in [3.63, 3.8) is 0 Å². The smallest absolute Gasteiger partial charge is 0.252 e. The van der Waals surface area contributed by atoms with Crippen LogP contribution in [-0.2, 0) is 6.42 Å². The molecule has 2 aromatic heterocycles. The van der Waals surface area contributed by atoms with Crippen molar-refractivity contribution in [2.75, 3.05) is 6.54 Å². The van der Waals surface area contributed by atoms with E-state index in [2.05, 4.69) is 5.32 Å². The summed E-state index contributed by atoms with van der Waals surface area (Å²) in [6.07, 6.45) is 5.38. The molecule has 0 atom stereocenters. The van der Waals surface area contributed by atoms with Gasteiger partial charge in [-0.2, -0.15) is 0 Å². The number of carbonyl (C=O) groups is 1. The first-order valence-electron chi connectivity index (χ1n) is 8.22. The molecule has 0 radical (unpaired) electrons. The SMILES string of the molecule is CCNC(=O)c1c2c(nc3ccccc13)C(=Cc1ccco1)CC2. The molecule has 4 rings (SSSR count). The minimum atomic E-state index is -0.0217. The van der Waals surface area contributed by atoms with Gasteiger partial charge in [-0.15, -0.1) is 0 Å². The largest absolute Gasteiger partial charge is 0.465 e. The molecule has 1 aliphatic rings. The molecule has 0 unspecified atom stereocenters. The van der Waals surface area contributed by atoms with Crippen LogP contribution in [0.3, 0.4) is 0 Å². The van der Waals surface area contributed by atoms with E-state index in [9.17, 15) is 4.79 Å². The average Bonchev–Trinajstić information content (AvgIpc) is 3.24. The maximum absolute atomic E-state index is 12.7. The van der Waals surface area contributed by atoms with Crippen molar-refractivity contribution in [1.82, 2.24) is 10.3 Å². The highest BCUT2D eigenvalue weighted by atomic mass is 16.3. The molecule has 0 aliphatic heterocycles. The topological polar surface area (TPSA) is 55.1 Å². The molecular formula is C20H18N2O2. The van der Waals surface area contributed by atoms with Crippen molar-refractivity contribution in [3.8, 4) is 0 Å². The van der Waals surface area contributed by atoms with Gasteiger partial charge in [-0.25, -0.2) is 4.98 Å². The van der Waals surface area contributed by atoms with Crippen LogP contribution in [0.2, 0.25) is 0 Å². The van der Waals surface area contributed by atoms with Crippen LogP contribution in [0.4, 0.5) is 0 Å². The fourth-order valence-electron chi connectivity index (χ4n) is 3.33. The number of allylic oxidation sites excluding steroid dienone is 1.